The Morgan fingerprint density at radius 1 is 1.32 bits per heavy atom. The summed E-state index contributed by atoms with van der Waals surface area (Å²) in [5.41, 5.74) is 5.54. The molecule has 0 saturated carbocycles. The van der Waals surface area contributed by atoms with E-state index in [1.165, 1.54) is 0 Å². The number of hydrogen-bond acceptors (Lipinski definition) is 6. The first-order valence-electron chi connectivity index (χ1n) is 7.21. The number of aromatic nitrogens is 1. The molecule has 2 rings (SSSR count). The van der Waals surface area contributed by atoms with Gasteiger partial charge in [0.05, 0.1) is 24.4 Å². The number of benzene rings is 1. The average Bonchev–Trinajstić information content (AvgIpc) is 2.54. The van der Waals surface area contributed by atoms with Crippen LogP contribution in [0.15, 0.2) is 32.2 Å². The summed E-state index contributed by atoms with van der Waals surface area (Å²) in [7, 11) is 3.17. The maximum Gasteiger partial charge on any atom is 0.164 e. The molecule has 0 aliphatic rings. The van der Waals surface area contributed by atoms with E-state index in [0.717, 1.165) is 25.8 Å². The molecule has 2 aromatic rings. The predicted octanol–water partition coefficient (Wildman–Crippen LogP) is 4.39. The topological polar surface area (TPSA) is 79.5 Å². The van der Waals surface area contributed by atoms with Gasteiger partial charge in [-0.05, 0) is 41.1 Å². The zero-order valence-electron chi connectivity index (χ0n) is 13.9. The molecule has 130 valence electrons. The second kappa shape index (κ2) is 8.94. The summed E-state index contributed by atoms with van der Waals surface area (Å²) < 4.78 is 12.2. The molecule has 6 nitrogen and oxygen atoms in total. The van der Waals surface area contributed by atoms with Crippen LogP contribution in [0.25, 0.3) is 0 Å². The lowest BCUT2D eigenvalue weighted by Crippen LogP contribution is -2.04. The summed E-state index contributed by atoms with van der Waals surface area (Å²) in [6.07, 6.45) is 1.61. The number of ether oxygens (including phenoxy) is 2. The van der Waals surface area contributed by atoms with Crippen LogP contribution in [0.2, 0.25) is 0 Å². The van der Waals surface area contributed by atoms with Crippen molar-refractivity contribution in [3.63, 3.8) is 0 Å². The Morgan fingerprint density at radius 2 is 2.08 bits per heavy atom. The van der Waals surface area contributed by atoms with E-state index in [-0.39, 0.29) is 0 Å². The molecule has 0 saturated heterocycles. The van der Waals surface area contributed by atoms with Gasteiger partial charge in [0.2, 0.25) is 0 Å². The number of pyridine rings is 1. The van der Waals surface area contributed by atoms with Crippen molar-refractivity contribution in [1.29, 1.82) is 5.26 Å². The van der Waals surface area contributed by atoms with Crippen molar-refractivity contribution in [2.24, 2.45) is 5.10 Å². The summed E-state index contributed by atoms with van der Waals surface area (Å²) in [6.45, 7) is 2.18. The van der Waals surface area contributed by atoms with Gasteiger partial charge in [0.1, 0.15) is 17.4 Å². The normalized spacial score (nSPS) is 10.7. The third kappa shape index (κ3) is 4.78. The van der Waals surface area contributed by atoms with Crippen LogP contribution in [0.4, 0.5) is 5.82 Å². The molecule has 1 heterocycles. The monoisotopic (exact) mass is 466 g/mol. The van der Waals surface area contributed by atoms with Gasteiger partial charge in [-0.15, -0.1) is 0 Å². The Balaban J connectivity index is 2.33. The minimum absolute atomic E-state index is 0.330. The SMILES string of the molecule is COCc1cc(C)nc(N/N=C/c2cc(Br)cc(Br)c2OC)c1C#N. The fourth-order valence-electron chi connectivity index (χ4n) is 2.27. The van der Waals surface area contributed by atoms with Crippen molar-refractivity contribution in [3.8, 4) is 11.8 Å². The Bertz CT molecular complexity index is 848. The van der Waals surface area contributed by atoms with E-state index in [4.69, 9.17) is 9.47 Å². The van der Waals surface area contributed by atoms with Crippen LogP contribution >= 0.6 is 31.9 Å². The molecule has 0 aliphatic heterocycles. The molecule has 0 atom stereocenters. The predicted molar refractivity (Wildman–Crippen MR) is 104 cm³/mol. The standard InChI is InChI=1S/C17H16Br2N4O2/c1-10-4-12(9-24-2)14(7-20)17(22-10)23-21-8-11-5-13(18)6-15(19)16(11)25-3/h4-6,8H,9H2,1-3H3,(H,22,23)/b21-8+. The third-order valence-corrected chi connectivity index (χ3v) is 4.30. The molecule has 1 N–H and O–H groups in total. The van der Waals surface area contributed by atoms with Gasteiger partial charge in [-0.25, -0.2) is 4.98 Å². The van der Waals surface area contributed by atoms with Crippen LogP contribution in [0.1, 0.15) is 22.4 Å². The lowest BCUT2D eigenvalue weighted by Gasteiger charge is -2.10. The lowest BCUT2D eigenvalue weighted by atomic mass is 10.1. The molecule has 0 fully saturated rings. The number of halogens is 2. The van der Waals surface area contributed by atoms with E-state index < -0.39 is 0 Å². The number of aryl methyl sites for hydroxylation is 1. The van der Waals surface area contributed by atoms with Crippen molar-refractivity contribution in [2.75, 3.05) is 19.6 Å². The molecule has 1 aromatic heterocycles. The zero-order valence-corrected chi connectivity index (χ0v) is 17.1. The number of nitrogens with one attached hydrogen (secondary N) is 1. The van der Waals surface area contributed by atoms with E-state index in [9.17, 15) is 5.26 Å². The number of nitriles is 1. The van der Waals surface area contributed by atoms with Crippen molar-refractivity contribution < 1.29 is 9.47 Å². The molecule has 25 heavy (non-hydrogen) atoms. The first-order valence-corrected chi connectivity index (χ1v) is 8.80. The molecule has 0 bridgehead atoms. The van der Waals surface area contributed by atoms with Gasteiger partial charge in [-0.2, -0.15) is 10.4 Å². The van der Waals surface area contributed by atoms with E-state index >= 15 is 0 Å². The number of anilines is 1. The summed E-state index contributed by atoms with van der Waals surface area (Å²) in [5.74, 6) is 1.05. The minimum Gasteiger partial charge on any atom is -0.495 e. The highest BCUT2D eigenvalue weighted by molar-refractivity contribution is 9.11. The fourth-order valence-corrected chi connectivity index (χ4v) is 3.69. The highest BCUT2D eigenvalue weighted by Crippen LogP contribution is 2.31. The Kier molecular flexibility index (Phi) is 6.93. The Hall–Kier alpha value is -1.95. The molecule has 1 aromatic carbocycles. The molecule has 8 heteroatoms. The van der Waals surface area contributed by atoms with Gasteiger partial charge < -0.3 is 9.47 Å². The minimum atomic E-state index is 0.330. The van der Waals surface area contributed by atoms with Gasteiger partial charge in [-0.3, -0.25) is 5.43 Å². The molecule has 0 aliphatic carbocycles. The lowest BCUT2D eigenvalue weighted by molar-refractivity contribution is 0.184. The first-order chi connectivity index (χ1) is 12.0. The highest BCUT2D eigenvalue weighted by atomic mass is 79.9. The molecule has 0 radical (unpaired) electrons. The largest absolute Gasteiger partial charge is 0.495 e. The number of hydrazone groups is 1. The van der Waals surface area contributed by atoms with Crippen LogP contribution in [0.3, 0.4) is 0 Å². The third-order valence-electron chi connectivity index (χ3n) is 3.26. The molecule has 0 amide bonds. The number of methoxy groups -OCH3 is 2. The van der Waals surface area contributed by atoms with E-state index in [1.54, 1.807) is 20.4 Å². The smallest absolute Gasteiger partial charge is 0.164 e. The van der Waals surface area contributed by atoms with Gasteiger partial charge in [0.25, 0.3) is 0 Å². The van der Waals surface area contributed by atoms with Gasteiger partial charge in [0, 0.05) is 28.4 Å². The van der Waals surface area contributed by atoms with E-state index in [1.807, 2.05) is 25.1 Å². The summed E-state index contributed by atoms with van der Waals surface area (Å²) in [4.78, 5) is 4.34. The second-order valence-corrected chi connectivity index (χ2v) is 6.84. The average molecular weight is 468 g/mol. The summed E-state index contributed by atoms with van der Waals surface area (Å²) in [6, 6.07) is 7.73. The molecule has 0 unspecified atom stereocenters. The molecule has 0 spiro atoms. The maximum atomic E-state index is 9.42. The first kappa shape index (κ1) is 19.4. The van der Waals surface area contributed by atoms with Gasteiger partial charge in [-0.1, -0.05) is 15.9 Å². The second-order valence-electron chi connectivity index (χ2n) is 5.07. The number of rotatable bonds is 6. The van der Waals surface area contributed by atoms with E-state index in [0.29, 0.717) is 23.7 Å². The summed E-state index contributed by atoms with van der Waals surface area (Å²) >= 11 is 6.88. The number of hydrogen-bond donors (Lipinski definition) is 1. The van der Waals surface area contributed by atoms with Gasteiger partial charge in [0.15, 0.2) is 5.82 Å². The zero-order chi connectivity index (χ0) is 18.4. The molecular weight excluding hydrogens is 452 g/mol. The van der Waals surface area contributed by atoms with Crippen LogP contribution in [-0.2, 0) is 11.3 Å². The van der Waals surface area contributed by atoms with Gasteiger partial charge >= 0.3 is 0 Å². The summed E-state index contributed by atoms with van der Waals surface area (Å²) in [5, 5.41) is 13.6. The van der Waals surface area contributed by atoms with Crippen molar-refractivity contribution in [3.05, 3.63) is 49.5 Å². The van der Waals surface area contributed by atoms with Crippen LogP contribution in [0, 0.1) is 18.3 Å². The number of nitrogens with zero attached hydrogens (tertiary/aromatic N) is 3. The Labute approximate surface area is 163 Å². The Morgan fingerprint density at radius 3 is 2.72 bits per heavy atom. The van der Waals surface area contributed by atoms with Crippen molar-refractivity contribution >= 4 is 43.9 Å². The van der Waals surface area contributed by atoms with Crippen molar-refractivity contribution in [1.82, 2.24) is 4.98 Å². The van der Waals surface area contributed by atoms with Crippen molar-refractivity contribution in [2.45, 2.75) is 13.5 Å². The van der Waals surface area contributed by atoms with Crippen LogP contribution in [-0.4, -0.2) is 25.4 Å². The maximum absolute atomic E-state index is 9.42. The fraction of sp³-hybridized carbons (Fsp3) is 0.235. The quantitative estimate of drug-likeness (QED) is 0.503. The highest BCUT2D eigenvalue weighted by Gasteiger charge is 2.11. The van der Waals surface area contributed by atoms with Crippen LogP contribution < -0.4 is 10.2 Å². The van der Waals surface area contributed by atoms with Crippen LogP contribution in [0.5, 0.6) is 5.75 Å². The molecular formula is C17H16Br2N4O2. The van der Waals surface area contributed by atoms with E-state index in [2.05, 4.69) is 53.4 Å².